The van der Waals surface area contributed by atoms with Gasteiger partial charge < -0.3 is 14.4 Å². The number of fused-ring (bicyclic) bond motifs is 3. The van der Waals surface area contributed by atoms with Crippen LogP contribution in [-0.2, 0) is 10.3 Å². The van der Waals surface area contributed by atoms with Gasteiger partial charge in [0.25, 0.3) is 11.4 Å². The first-order valence-corrected chi connectivity index (χ1v) is 9.97. The molecule has 1 fully saturated rings. The Kier molecular flexibility index (Phi) is 4.37. The van der Waals surface area contributed by atoms with E-state index >= 15 is 0 Å². The standard InChI is InChI=1S/C20H17ClN6O4/c1-10(8-30-2)27-15-11(7-22)12(21)3-4-13(15)26-9-23-14(16(26)18(27)28)17-24-19(31-25-17)20(29)5-6-20/h3-4,9-10,29H,5-6,8H2,1-2H3. The smallest absolute Gasteiger partial charge is 0.278 e. The van der Waals surface area contributed by atoms with Crippen molar-refractivity contribution in [1.29, 1.82) is 5.26 Å². The molecule has 0 radical (unpaired) electrons. The maximum absolute atomic E-state index is 13.7. The van der Waals surface area contributed by atoms with Crippen LogP contribution in [0.3, 0.4) is 0 Å². The van der Waals surface area contributed by atoms with E-state index in [1.807, 2.05) is 6.92 Å². The van der Waals surface area contributed by atoms with Gasteiger partial charge in [0.2, 0.25) is 5.82 Å². The van der Waals surface area contributed by atoms with Crippen molar-refractivity contribution in [3.05, 3.63) is 45.3 Å². The van der Waals surface area contributed by atoms with E-state index < -0.39 is 17.2 Å². The van der Waals surface area contributed by atoms with Crippen molar-refractivity contribution in [3.63, 3.8) is 0 Å². The highest BCUT2D eigenvalue weighted by Gasteiger charge is 2.48. The molecule has 1 saturated carbocycles. The lowest BCUT2D eigenvalue weighted by atomic mass is 10.1. The van der Waals surface area contributed by atoms with Crippen LogP contribution in [0.5, 0.6) is 0 Å². The zero-order valence-corrected chi connectivity index (χ0v) is 17.4. The SMILES string of the molecule is COCC(C)n1c(=O)c2c(-c3noc(C4(O)CC4)n3)ncn2c2ccc(Cl)c(C#N)c21. The molecule has 4 aromatic rings. The fourth-order valence-corrected chi connectivity index (χ4v) is 3.99. The highest BCUT2D eigenvalue weighted by Crippen LogP contribution is 2.44. The number of imidazole rings is 1. The van der Waals surface area contributed by atoms with E-state index in [0.717, 1.165) is 0 Å². The zero-order valence-electron chi connectivity index (χ0n) is 16.7. The van der Waals surface area contributed by atoms with E-state index in [2.05, 4.69) is 21.2 Å². The van der Waals surface area contributed by atoms with E-state index in [9.17, 15) is 15.2 Å². The molecule has 5 rings (SSSR count). The minimum absolute atomic E-state index is 0.106. The summed E-state index contributed by atoms with van der Waals surface area (Å²) in [6, 6.07) is 5.03. The van der Waals surface area contributed by atoms with Crippen LogP contribution in [-0.4, -0.2) is 42.9 Å². The molecule has 10 nitrogen and oxygen atoms in total. The number of hydrogen-bond acceptors (Lipinski definition) is 8. The normalized spacial score (nSPS) is 16.0. The van der Waals surface area contributed by atoms with Crippen LogP contribution >= 0.6 is 11.6 Å². The number of halogens is 1. The highest BCUT2D eigenvalue weighted by atomic mass is 35.5. The van der Waals surface area contributed by atoms with Crippen LogP contribution < -0.4 is 5.56 Å². The van der Waals surface area contributed by atoms with Gasteiger partial charge in [-0.15, -0.1) is 0 Å². The molecule has 1 unspecified atom stereocenters. The Bertz CT molecular complexity index is 1440. The average Bonchev–Trinajstić information content (AvgIpc) is 3.16. The number of aromatic nitrogens is 5. The summed E-state index contributed by atoms with van der Waals surface area (Å²) in [5, 5.41) is 24.1. The number of nitriles is 1. The Morgan fingerprint density at radius 2 is 2.19 bits per heavy atom. The number of benzene rings is 1. The summed E-state index contributed by atoms with van der Waals surface area (Å²) in [6.45, 7) is 2.05. The van der Waals surface area contributed by atoms with Crippen LogP contribution in [0.4, 0.5) is 0 Å². The molecule has 1 N–H and O–H groups in total. The van der Waals surface area contributed by atoms with E-state index in [4.69, 9.17) is 20.9 Å². The second-order valence-electron chi connectivity index (χ2n) is 7.65. The van der Waals surface area contributed by atoms with E-state index in [1.54, 1.807) is 16.5 Å². The summed E-state index contributed by atoms with van der Waals surface area (Å²) >= 11 is 6.26. The fourth-order valence-electron chi connectivity index (χ4n) is 3.79. The number of rotatable bonds is 5. The van der Waals surface area contributed by atoms with Gasteiger partial charge in [-0.2, -0.15) is 10.2 Å². The summed E-state index contributed by atoms with van der Waals surface area (Å²) < 4.78 is 13.5. The summed E-state index contributed by atoms with van der Waals surface area (Å²) in [6.07, 6.45) is 2.56. The van der Waals surface area contributed by atoms with Gasteiger partial charge in [-0.05, 0) is 31.9 Å². The predicted octanol–water partition coefficient (Wildman–Crippen LogP) is 2.41. The first-order chi connectivity index (χ1) is 14.9. The second kappa shape index (κ2) is 6.88. The van der Waals surface area contributed by atoms with Gasteiger partial charge in [0.1, 0.15) is 29.2 Å². The largest absolute Gasteiger partial charge is 0.383 e. The molecule has 1 aromatic carbocycles. The summed E-state index contributed by atoms with van der Waals surface area (Å²) in [5.41, 5.74) is 0.0895. The van der Waals surface area contributed by atoms with Crippen molar-refractivity contribution < 1.29 is 14.4 Å². The molecule has 1 aliphatic carbocycles. The van der Waals surface area contributed by atoms with Gasteiger partial charge in [0.15, 0.2) is 0 Å². The molecule has 0 saturated heterocycles. The summed E-state index contributed by atoms with van der Waals surface area (Å²) in [4.78, 5) is 22.3. The lowest BCUT2D eigenvalue weighted by Crippen LogP contribution is -2.28. The van der Waals surface area contributed by atoms with Gasteiger partial charge in [-0.3, -0.25) is 13.8 Å². The second-order valence-corrected chi connectivity index (χ2v) is 8.06. The fraction of sp³-hybridized carbons (Fsp3) is 0.350. The quantitative estimate of drug-likeness (QED) is 0.500. The topological polar surface area (TPSA) is 131 Å². The van der Waals surface area contributed by atoms with Gasteiger partial charge in [-0.1, -0.05) is 16.8 Å². The van der Waals surface area contributed by atoms with Gasteiger partial charge in [0, 0.05) is 7.11 Å². The Balaban J connectivity index is 1.86. The van der Waals surface area contributed by atoms with Crippen LogP contribution in [0.15, 0.2) is 27.8 Å². The van der Waals surface area contributed by atoms with Crippen LogP contribution in [0.25, 0.3) is 28.1 Å². The zero-order chi connectivity index (χ0) is 21.9. The summed E-state index contributed by atoms with van der Waals surface area (Å²) in [7, 11) is 1.54. The number of methoxy groups -OCH3 is 1. The lowest BCUT2D eigenvalue weighted by Gasteiger charge is -2.19. The van der Waals surface area contributed by atoms with Crippen LogP contribution in [0.2, 0.25) is 5.02 Å². The molecule has 3 aromatic heterocycles. The maximum atomic E-state index is 13.7. The van der Waals surface area contributed by atoms with Gasteiger partial charge in [-0.25, -0.2) is 4.98 Å². The molecule has 1 aliphatic rings. The number of nitrogens with zero attached hydrogens (tertiary/aromatic N) is 6. The number of ether oxygens (including phenoxy) is 1. The molecular formula is C20H17ClN6O4. The van der Waals surface area contributed by atoms with Crippen LogP contribution in [0.1, 0.15) is 37.3 Å². The molecule has 0 spiro atoms. The predicted molar refractivity (Wildman–Crippen MR) is 110 cm³/mol. The van der Waals surface area contributed by atoms with Gasteiger partial charge >= 0.3 is 0 Å². The monoisotopic (exact) mass is 440 g/mol. The molecule has 0 amide bonds. The van der Waals surface area contributed by atoms with E-state index in [-0.39, 0.29) is 40.1 Å². The molecular weight excluding hydrogens is 424 g/mol. The third-order valence-corrected chi connectivity index (χ3v) is 5.83. The number of aliphatic hydroxyl groups is 1. The molecule has 3 heterocycles. The van der Waals surface area contributed by atoms with Crippen molar-refractivity contribution in [3.8, 4) is 17.6 Å². The Hall–Kier alpha value is -3.26. The third-order valence-electron chi connectivity index (χ3n) is 5.52. The van der Waals surface area contributed by atoms with E-state index in [0.29, 0.717) is 23.9 Å². The van der Waals surface area contributed by atoms with Crippen molar-refractivity contribution >= 4 is 28.2 Å². The Morgan fingerprint density at radius 3 is 2.87 bits per heavy atom. The molecule has 1 atom stereocenters. The molecule has 31 heavy (non-hydrogen) atoms. The maximum Gasteiger partial charge on any atom is 0.278 e. The highest BCUT2D eigenvalue weighted by molar-refractivity contribution is 6.32. The van der Waals surface area contributed by atoms with Crippen molar-refractivity contribution in [2.75, 3.05) is 13.7 Å². The minimum Gasteiger partial charge on any atom is -0.383 e. The van der Waals surface area contributed by atoms with Gasteiger partial charge in [0.05, 0.1) is 34.3 Å². The van der Waals surface area contributed by atoms with Crippen molar-refractivity contribution in [1.82, 2.24) is 24.1 Å². The third kappa shape index (κ3) is 2.85. The molecule has 0 bridgehead atoms. The first kappa shape index (κ1) is 19.7. The van der Waals surface area contributed by atoms with Crippen molar-refractivity contribution in [2.45, 2.75) is 31.4 Å². The minimum atomic E-state index is -1.10. The van der Waals surface area contributed by atoms with Crippen LogP contribution in [0, 0.1) is 11.3 Å². The first-order valence-electron chi connectivity index (χ1n) is 9.59. The molecule has 158 valence electrons. The molecule has 11 heteroatoms. The van der Waals surface area contributed by atoms with Crippen molar-refractivity contribution in [2.24, 2.45) is 0 Å². The number of hydrogen-bond donors (Lipinski definition) is 1. The Labute approximate surface area is 180 Å². The lowest BCUT2D eigenvalue weighted by molar-refractivity contribution is 0.108. The summed E-state index contributed by atoms with van der Waals surface area (Å²) in [5.74, 6) is 0.214. The van der Waals surface area contributed by atoms with E-state index in [1.165, 1.54) is 18.0 Å². The average molecular weight is 441 g/mol. The molecule has 0 aliphatic heterocycles. The Morgan fingerprint density at radius 1 is 1.42 bits per heavy atom.